The average Bonchev–Trinajstić information content (AvgIpc) is 2.49. The molecule has 112 valence electrons. The lowest BCUT2D eigenvalue weighted by atomic mass is 10.1. The third-order valence-corrected chi connectivity index (χ3v) is 3.66. The Labute approximate surface area is 119 Å². The highest BCUT2D eigenvalue weighted by molar-refractivity contribution is 5.17. The van der Waals surface area contributed by atoms with Gasteiger partial charge in [-0.1, -0.05) is 6.42 Å². The van der Waals surface area contributed by atoms with Gasteiger partial charge in [-0.15, -0.1) is 0 Å². The largest absolute Gasteiger partial charge is 0.487 e. The number of hydrogen-bond donors (Lipinski definition) is 1. The molecule has 0 spiro atoms. The standard InChI is InChI=1S/C15H24N2O3/c18-12-5-10-17-9-4-6-14(15(17)19)20-13-11-16-7-2-1-3-8-16/h4,6,9,18H,1-3,5,7-8,10-13H2. The molecule has 2 heterocycles. The van der Waals surface area contributed by atoms with Gasteiger partial charge in [-0.2, -0.15) is 0 Å². The van der Waals surface area contributed by atoms with Gasteiger partial charge in [0.1, 0.15) is 6.61 Å². The molecule has 1 aliphatic rings. The number of aliphatic hydroxyl groups is 1. The van der Waals surface area contributed by atoms with Gasteiger partial charge in [0.2, 0.25) is 0 Å². The predicted molar refractivity (Wildman–Crippen MR) is 78.2 cm³/mol. The Morgan fingerprint density at radius 3 is 2.75 bits per heavy atom. The maximum absolute atomic E-state index is 12.1. The second-order valence-electron chi connectivity index (χ2n) is 5.20. The van der Waals surface area contributed by atoms with E-state index < -0.39 is 0 Å². The summed E-state index contributed by atoms with van der Waals surface area (Å²) in [5.41, 5.74) is -0.111. The van der Waals surface area contributed by atoms with E-state index in [2.05, 4.69) is 4.90 Å². The first kappa shape index (κ1) is 15.1. The van der Waals surface area contributed by atoms with E-state index in [1.807, 2.05) is 6.07 Å². The molecule has 1 aromatic rings. The fourth-order valence-electron chi connectivity index (χ4n) is 2.51. The lowest BCUT2D eigenvalue weighted by Crippen LogP contribution is -2.34. The van der Waals surface area contributed by atoms with E-state index >= 15 is 0 Å². The molecule has 0 atom stereocenters. The van der Waals surface area contributed by atoms with E-state index in [1.54, 1.807) is 16.8 Å². The Hall–Kier alpha value is -1.33. The van der Waals surface area contributed by atoms with Crippen LogP contribution in [0.4, 0.5) is 0 Å². The lowest BCUT2D eigenvalue weighted by Gasteiger charge is -2.26. The van der Waals surface area contributed by atoms with Crippen molar-refractivity contribution in [1.82, 2.24) is 9.47 Å². The summed E-state index contributed by atoms with van der Waals surface area (Å²) in [4.78, 5) is 14.5. The van der Waals surface area contributed by atoms with E-state index in [4.69, 9.17) is 9.84 Å². The highest BCUT2D eigenvalue weighted by atomic mass is 16.5. The summed E-state index contributed by atoms with van der Waals surface area (Å²) in [5, 5.41) is 8.82. The number of ether oxygens (including phenoxy) is 1. The van der Waals surface area contributed by atoms with Crippen molar-refractivity contribution in [1.29, 1.82) is 0 Å². The maximum atomic E-state index is 12.1. The zero-order valence-electron chi connectivity index (χ0n) is 12.0. The van der Waals surface area contributed by atoms with Crippen LogP contribution in [0.1, 0.15) is 25.7 Å². The molecule has 5 heteroatoms. The molecule has 1 N–H and O–H groups in total. The van der Waals surface area contributed by atoms with Crippen LogP contribution in [0.5, 0.6) is 5.75 Å². The molecule has 2 rings (SSSR count). The first-order valence-corrected chi connectivity index (χ1v) is 7.47. The summed E-state index contributed by atoms with van der Waals surface area (Å²) < 4.78 is 7.21. The van der Waals surface area contributed by atoms with Crippen LogP contribution in [0.2, 0.25) is 0 Å². The number of aryl methyl sites for hydroxylation is 1. The average molecular weight is 280 g/mol. The Balaban J connectivity index is 1.84. The van der Waals surface area contributed by atoms with Gasteiger partial charge < -0.3 is 14.4 Å². The second kappa shape index (κ2) is 8.07. The zero-order chi connectivity index (χ0) is 14.2. The molecule has 5 nitrogen and oxygen atoms in total. The van der Waals surface area contributed by atoms with Crippen LogP contribution in [0.3, 0.4) is 0 Å². The fourth-order valence-corrected chi connectivity index (χ4v) is 2.51. The number of aliphatic hydroxyl groups excluding tert-OH is 1. The van der Waals surface area contributed by atoms with Gasteiger partial charge in [0, 0.05) is 25.9 Å². The van der Waals surface area contributed by atoms with Crippen LogP contribution in [0.15, 0.2) is 23.1 Å². The van der Waals surface area contributed by atoms with Gasteiger partial charge in [-0.25, -0.2) is 0 Å². The highest BCUT2D eigenvalue weighted by Gasteiger charge is 2.10. The second-order valence-corrected chi connectivity index (χ2v) is 5.20. The highest BCUT2D eigenvalue weighted by Crippen LogP contribution is 2.08. The van der Waals surface area contributed by atoms with E-state index in [0.29, 0.717) is 25.3 Å². The molecule has 0 bridgehead atoms. The molecule has 1 saturated heterocycles. The van der Waals surface area contributed by atoms with Crippen LogP contribution in [-0.2, 0) is 6.54 Å². The molecular formula is C15H24N2O3. The third-order valence-electron chi connectivity index (χ3n) is 3.66. The molecule has 0 aliphatic carbocycles. The zero-order valence-corrected chi connectivity index (χ0v) is 12.0. The van der Waals surface area contributed by atoms with Gasteiger partial charge in [0.25, 0.3) is 5.56 Å². The summed E-state index contributed by atoms with van der Waals surface area (Å²) >= 11 is 0. The van der Waals surface area contributed by atoms with E-state index in [1.165, 1.54) is 19.3 Å². The predicted octanol–water partition coefficient (Wildman–Crippen LogP) is 1.10. The van der Waals surface area contributed by atoms with Crippen molar-refractivity contribution in [2.45, 2.75) is 32.2 Å². The Morgan fingerprint density at radius 2 is 2.00 bits per heavy atom. The van der Waals surface area contributed by atoms with E-state index in [0.717, 1.165) is 19.6 Å². The van der Waals surface area contributed by atoms with Crippen molar-refractivity contribution >= 4 is 0 Å². The first-order chi connectivity index (χ1) is 9.81. The number of aromatic nitrogens is 1. The Morgan fingerprint density at radius 1 is 1.20 bits per heavy atom. The molecule has 1 fully saturated rings. The Bertz CT molecular complexity index is 453. The Kier molecular flexibility index (Phi) is 6.08. The minimum absolute atomic E-state index is 0.0898. The smallest absolute Gasteiger partial charge is 0.292 e. The van der Waals surface area contributed by atoms with Crippen LogP contribution in [-0.4, -0.2) is 47.4 Å². The number of pyridine rings is 1. The molecule has 0 saturated carbocycles. The van der Waals surface area contributed by atoms with E-state index in [9.17, 15) is 4.79 Å². The minimum Gasteiger partial charge on any atom is -0.487 e. The van der Waals surface area contributed by atoms with Crippen LogP contribution >= 0.6 is 0 Å². The quantitative estimate of drug-likeness (QED) is 0.812. The maximum Gasteiger partial charge on any atom is 0.292 e. The monoisotopic (exact) mass is 280 g/mol. The molecular weight excluding hydrogens is 256 g/mol. The summed E-state index contributed by atoms with van der Waals surface area (Å²) in [7, 11) is 0. The third kappa shape index (κ3) is 4.35. The van der Waals surface area contributed by atoms with Crippen molar-refractivity contribution < 1.29 is 9.84 Å². The van der Waals surface area contributed by atoms with Crippen LogP contribution < -0.4 is 10.3 Å². The minimum atomic E-state index is -0.111. The van der Waals surface area contributed by atoms with Crippen LogP contribution in [0.25, 0.3) is 0 Å². The van der Waals surface area contributed by atoms with Gasteiger partial charge in [0.15, 0.2) is 5.75 Å². The van der Waals surface area contributed by atoms with Crippen molar-refractivity contribution in [2.75, 3.05) is 32.8 Å². The summed E-state index contributed by atoms with van der Waals surface area (Å²) in [6.07, 6.45) is 6.16. The fraction of sp³-hybridized carbons (Fsp3) is 0.667. The summed E-state index contributed by atoms with van der Waals surface area (Å²) in [6, 6.07) is 3.53. The molecule has 1 aromatic heterocycles. The molecule has 0 radical (unpaired) electrons. The van der Waals surface area contributed by atoms with Crippen molar-refractivity contribution in [3.05, 3.63) is 28.7 Å². The number of hydrogen-bond acceptors (Lipinski definition) is 4. The topological polar surface area (TPSA) is 54.7 Å². The summed E-state index contributed by atoms with van der Waals surface area (Å²) in [6.45, 7) is 4.33. The summed E-state index contributed by atoms with van der Waals surface area (Å²) in [5.74, 6) is 0.405. The molecule has 0 unspecified atom stereocenters. The first-order valence-electron chi connectivity index (χ1n) is 7.47. The molecule has 20 heavy (non-hydrogen) atoms. The number of piperidine rings is 1. The van der Waals surface area contributed by atoms with Crippen LogP contribution in [0, 0.1) is 0 Å². The van der Waals surface area contributed by atoms with Gasteiger partial charge in [0.05, 0.1) is 0 Å². The molecule has 1 aliphatic heterocycles. The van der Waals surface area contributed by atoms with Crippen molar-refractivity contribution in [3.63, 3.8) is 0 Å². The van der Waals surface area contributed by atoms with Crippen molar-refractivity contribution in [3.8, 4) is 5.75 Å². The van der Waals surface area contributed by atoms with Gasteiger partial charge in [-0.3, -0.25) is 9.69 Å². The molecule has 0 aromatic carbocycles. The van der Waals surface area contributed by atoms with Crippen molar-refractivity contribution in [2.24, 2.45) is 0 Å². The molecule has 0 amide bonds. The number of likely N-dealkylation sites (tertiary alicyclic amines) is 1. The lowest BCUT2D eigenvalue weighted by molar-refractivity contribution is 0.182. The normalized spacial score (nSPS) is 16.2. The van der Waals surface area contributed by atoms with Gasteiger partial charge >= 0.3 is 0 Å². The van der Waals surface area contributed by atoms with Gasteiger partial charge in [-0.05, 0) is 44.5 Å². The number of rotatable bonds is 7. The SMILES string of the molecule is O=c1c(OCCN2CCCCC2)cccn1CCCO. The van der Waals surface area contributed by atoms with E-state index in [-0.39, 0.29) is 12.2 Å². The number of nitrogens with zero attached hydrogens (tertiary/aromatic N) is 2.